The number of hydrogen-bond acceptors (Lipinski definition) is 5. The smallest absolute Gasteiger partial charge is 0.320 e. The number of nitrogens with zero attached hydrogens (tertiary/aromatic N) is 2. The van der Waals surface area contributed by atoms with Gasteiger partial charge in [-0.1, -0.05) is 29.8 Å². The van der Waals surface area contributed by atoms with Gasteiger partial charge in [0.2, 0.25) is 10.0 Å². The number of amides is 2. The molecule has 0 aliphatic carbocycles. The molecule has 3 aromatic rings. The summed E-state index contributed by atoms with van der Waals surface area (Å²) in [6, 6.07) is 12.7. The van der Waals surface area contributed by atoms with Gasteiger partial charge in [0, 0.05) is 24.2 Å². The Bertz CT molecular complexity index is 1230. The number of sulfonamides is 1. The Balaban J connectivity index is 1.46. The van der Waals surface area contributed by atoms with Gasteiger partial charge in [0.15, 0.2) is 5.82 Å². The number of carbonyl (C=O) groups is 1. The van der Waals surface area contributed by atoms with Gasteiger partial charge in [0.25, 0.3) is 0 Å². The summed E-state index contributed by atoms with van der Waals surface area (Å²) in [6.07, 6.45) is 2.24. The van der Waals surface area contributed by atoms with Crippen molar-refractivity contribution in [2.45, 2.75) is 17.4 Å². The number of nitrogens with one attached hydrogen (secondary N) is 3. The zero-order valence-electron chi connectivity index (χ0n) is 16.5. The molecule has 0 radical (unpaired) electrons. The van der Waals surface area contributed by atoms with Gasteiger partial charge in [-0.05, 0) is 31.3 Å². The topological polar surface area (TPSA) is 114 Å². The summed E-state index contributed by atoms with van der Waals surface area (Å²) in [5.74, 6) is 0.902. The molecular weight excluding hydrogens is 442 g/mol. The molecule has 2 aromatic carbocycles. The number of carbonyl (C=O) groups excluding carboxylic acids is 1. The summed E-state index contributed by atoms with van der Waals surface area (Å²) in [7, 11) is -2.23. The van der Waals surface area contributed by atoms with Crippen LogP contribution in [0.3, 0.4) is 0 Å². The Labute approximate surface area is 184 Å². The Morgan fingerprint density at radius 1 is 1.23 bits per heavy atom. The van der Waals surface area contributed by atoms with E-state index in [9.17, 15) is 13.2 Å². The summed E-state index contributed by atoms with van der Waals surface area (Å²) in [6.45, 7) is 0.447. The molecule has 11 heteroatoms. The van der Waals surface area contributed by atoms with Crippen LogP contribution in [0, 0.1) is 0 Å². The van der Waals surface area contributed by atoms with Crippen LogP contribution < -0.4 is 20.1 Å². The summed E-state index contributed by atoms with van der Waals surface area (Å²) in [5, 5.41) is 10.4. The van der Waals surface area contributed by atoms with Gasteiger partial charge >= 0.3 is 6.03 Å². The van der Waals surface area contributed by atoms with Crippen molar-refractivity contribution in [1.29, 1.82) is 0 Å². The molecule has 1 aliphatic rings. The molecule has 1 aromatic heterocycles. The number of ether oxygens (including phenoxy) is 1. The van der Waals surface area contributed by atoms with E-state index in [2.05, 4.69) is 20.5 Å². The van der Waals surface area contributed by atoms with E-state index in [-0.39, 0.29) is 10.9 Å². The summed E-state index contributed by atoms with van der Waals surface area (Å²) >= 11 is 6.18. The molecule has 0 bridgehead atoms. The van der Waals surface area contributed by atoms with Gasteiger partial charge in [-0.25, -0.2) is 22.6 Å². The van der Waals surface area contributed by atoms with E-state index in [1.807, 2.05) is 12.1 Å². The minimum Gasteiger partial charge on any atom is -0.492 e. The van der Waals surface area contributed by atoms with Gasteiger partial charge < -0.3 is 10.1 Å². The highest BCUT2D eigenvalue weighted by molar-refractivity contribution is 7.89. The largest absolute Gasteiger partial charge is 0.492 e. The molecule has 4 rings (SSSR count). The van der Waals surface area contributed by atoms with E-state index in [0.29, 0.717) is 35.3 Å². The second kappa shape index (κ2) is 8.58. The van der Waals surface area contributed by atoms with Gasteiger partial charge in [-0.2, -0.15) is 0 Å². The first-order valence-corrected chi connectivity index (χ1v) is 11.3. The highest BCUT2D eigenvalue weighted by Crippen LogP contribution is 2.37. The Kier molecular flexibility index (Phi) is 5.86. The van der Waals surface area contributed by atoms with Crippen LogP contribution in [0.5, 0.6) is 5.75 Å². The minimum absolute atomic E-state index is 0.118. The van der Waals surface area contributed by atoms with Crippen molar-refractivity contribution in [3.63, 3.8) is 0 Å². The standard InChI is InChI=1S/C20H20ClN5O4S/c1-22-31(28,29)14-5-2-4-13(12-14)26-10-8-18(25-26)24-20(27)23-17-9-11-30-19-15(17)6-3-7-16(19)21/h2-8,10,12,17,22H,9,11H2,1H3,(H2,23,24,25,27)/t17-/m0/s1. The predicted molar refractivity (Wildman–Crippen MR) is 116 cm³/mol. The third kappa shape index (κ3) is 4.50. The fourth-order valence-corrected chi connectivity index (χ4v) is 4.30. The summed E-state index contributed by atoms with van der Waals surface area (Å²) < 4.78 is 33.4. The number of halogens is 1. The molecule has 162 valence electrons. The molecule has 0 unspecified atom stereocenters. The second-order valence-electron chi connectivity index (χ2n) is 6.80. The predicted octanol–water partition coefficient (Wildman–Crippen LogP) is 3.08. The van der Waals surface area contributed by atoms with Gasteiger partial charge in [0.1, 0.15) is 5.75 Å². The number of urea groups is 1. The number of fused-ring (bicyclic) bond motifs is 1. The highest BCUT2D eigenvalue weighted by Gasteiger charge is 2.25. The molecule has 9 nitrogen and oxygen atoms in total. The molecule has 0 saturated heterocycles. The van der Waals surface area contributed by atoms with Crippen LogP contribution >= 0.6 is 11.6 Å². The van der Waals surface area contributed by atoms with Crippen LogP contribution in [0.2, 0.25) is 5.02 Å². The molecule has 3 N–H and O–H groups in total. The molecule has 31 heavy (non-hydrogen) atoms. The van der Waals surface area contributed by atoms with Gasteiger partial charge in [-0.3, -0.25) is 5.32 Å². The van der Waals surface area contributed by atoms with Crippen LogP contribution in [0.25, 0.3) is 5.69 Å². The van der Waals surface area contributed by atoms with Crippen molar-refractivity contribution in [3.8, 4) is 11.4 Å². The highest BCUT2D eigenvalue weighted by atomic mass is 35.5. The minimum atomic E-state index is -3.58. The average Bonchev–Trinajstić information content (AvgIpc) is 3.23. The molecule has 0 saturated carbocycles. The lowest BCUT2D eigenvalue weighted by molar-refractivity contribution is 0.232. The van der Waals surface area contributed by atoms with Crippen LogP contribution in [-0.2, 0) is 10.0 Å². The first kappa shape index (κ1) is 21.2. The molecule has 2 heterocycles. The van der Waals surface area contributed by atoms with E-state index < -0.39 is 16.1 Å². The number of hydrogen-bond donors (Lipinski definition) is 3. The van der Waals surface area contributed by atoms with E-state index in [4.69, 9.17) is 16.3 Å². The van der Waals surface area contributed by atoms with Crippen molar-refractivity contribution in [2.75, 3.05) is 19.0 Å². The fraction of sp³-hybridized carbons (Fsp3) is 0.200. The fourth-order valence-electron chi connectivity index (χ4n) is 3.29. The van der Waals surface area contributed by atoms with E-state index in [1.165, 1.54) is 23.9 Å². The van der Waals surface area contributed by atoms with Crippen LogP contribution in [-0.4, -0.2) is 37.9 Å². The molecule has 1 aliphatic heterocycles. The van der Waals surface area contributed by atoms with E-state index in [1.54, 1.807) is 30.5 Å². The maximum atomic E-state index is 12.5. The number of benzene rings is 2. The Morgan fingerprint density at radius 3 is 2.84 bits per heavy atom. The maximum Gasteiger partial charge on any atom is 0.320 e. The van der Waals surface area contributed by atoms with E-state index >= 15 is 0 Å². The third-order valence-corrected chi connectivity index (χ3v) is 6.53. The second-order valence-corrected chi connectivity index (χ2v) is 9.09. The SMILES string of the molecule is CNS(=O)(=O)c1cccc(-n2ccc(NC(=O)N[C@H]3CCOc4c(Cl)cccc43)n2)c1. The molecule has 0 fully saturated rings. The Hall–Kier alpha value is -3.08. The molecule has 1 atom stereocenters. The lowest BCUT2D eigenvalue weighted by Crippen LogP contribution is -2.35. The number of para-hydroxylation sites is 1. The number of anilines is 1. The molecular formula is C20H20ClN5O4S. The van der Waals surface area contributed by atoms with Crippen molar-refractivity contribution < 1.29 is 17.9 Å². The van der Waals surface area contributed by atoms with Gasteiger partial charge in [-0.15, -0.1) is 5.10 Å². The van der Waals surface area contributed by atoms with Crippen LogP contribution in [0.15, 0.2) is 59.6 Å². The molecule has 0 spiro atoms. The monoisotopic (exact) mass is 461 g/mol. The average molecular weight is 462 g/mol. The van der Waals surface area contributed by atoms with Crippen molar-refractivity contribution in [1.82, 2.24) is 19.8 Å². The molecule has 2 amide bonds. The zero-order chi connectivity index (χ0) is 22.0. The first-order valence-electron chi connectivity index (χ1n) is 9.46. The normalized spacial score (nSPS) is 15.6. The number of rotatable bonds is 5. The lowest BCUT2D eigenvalue weighted by atomic mass is 10.0. The van der Waals surface area contributed by atoms with Crippen LogP contribution in [0.1, 0.15) is 18.0 Å². The van der Waals surface area contributed by atoms with Gasteiger partial charge in [0.05, 0.1) is 28.3 Å². The summed E-state index contributed by atoms with van der Waals surface area (Å²) in [4.78, 5) is 12.6. The Morgan fingerprint density at radius 2 is 2.03 bits per heavy atom. The summed E-state index contributed by atoms with van der Waals surface area (Å²) in [5.41, 5.74) is 1.36. The maximum absolute atomic E-state index is 12.5. The lowest BCUT2D eigenvalue weighted by Gasteiger charge is -2.27. The van der Waals surface area contributed by atoms with Crippen molar-refractivity contribution in [2.24, 2.45) is 0 Å². The van der Waals surface area contributed by atoms with Crippen molar-refractivity contribution >= 4 is 33.5 Å². The van der Waals surface area contributed by atoms with E-state index in [0.717, 1.165) is 5.56 Å². The zero-order valence-corrected chi connectivity index (χ0v) is 18.1. The van der Waals surface area contributed by atoms with Crippen molar-refractivity contribution in [3.05, 3.63) is 65.3 Å². The first-order chi connectivity index (χ1) is 14.9. The number of aromatic nitrogens is 2. The quantitative estimate of drug-likeness (QED) is 0.540. The third-order valence-electron chi connectivity index (χ3n) is 4.82. The van der Waals surface area contributed by atoms with Crippen LogP contribution in [0.4, 0.5) is 10.6 Å².